The molecule has 104 valence electrons. The molecule has 1 aromatic rings. The molecule has 0 radical (unpaired) electrons. The van der Waals surface area contributed by atoms with E-state index >= 15 is 0 Å². The first-order valence-corrected chi connectivity index (χ1v) is 7.44. The second-order valence-electron chi connectivity index (χ2n) is 4.30. The molecule has 0 aromatic heterocycles. The minimum Gasteiger partial charge on any atom is -0.335 e. The monoisotopic (exact) mass is 280 g/mol. The fourth-order valence-corrected chi connectivity index (χ4v) is 2.22. The molecule has 0 aliphatic rings. The first-order valence-electron chi connectivity index (χ1n) is 6.29. The van der Waals surface area contributed by atoms with Crippen LogP contribution in [0.15, 0.2) is 24.3 Å². The highest BCUT2D eigenvalue weighted by atomic mass is 32.2. The third kappa shape index (κ3) is 5.79. The van der Waals surface area contributed by atoms with Crippen molar-refractivity contribution in [1.29, 1.82) is 0 Å². The number of ketones is 1. The Kier molecular flexibility index (Phi) is 6.42. The lowest BCUT2D eigenvalue weighted by Gasteiger charge is -2.14. The van der Waals surface area contributed by atoms with Gasteiger partial charge >= 0.3 is 6.03 Å². The molecule has 2 amide bonds. The standard InChI is InChI=1S/C14H20N2O2S/c1-4-19-9-10(2)15-14(18)16-13-7-5-6-12(8-13)11(3)17/h5-8,10H,4,9H2,1-3H3,(H2,15,16,18). The molecule has 0 aliphatic heterocycles. The highest BCUT2D eigenvalue weighted by molar-refractivity contribution is 7.99. The smallest absolute Gasteiger partial charge is 0.319 e. The molecule has 0 heterocycles. The summed E-state index contributed by atoms with van der Waals surface area (Å²) in [5.74, 6) is 1.91. The van der Waals surface area contributed by atoms with E-state index in [4.69, 9.17) is 0 Å². The molecule has 5 heteroatoms. The van der Waals surface area contributed by atoms with Gasteiger partial charge < -0.3 is 10.6 Å². The van der Waals surface area contributed by atoms with Gasteiger partial charge in [-0.25, -0.2) is 4.79 Å². The average molecular weight is 280 g/mol. The van der Waals surface area contributed by atoms with Crippen LogP contribution in [0.2, 0.25) is 0 Å². The Hall–Kier alpha value is -1.49. The van der Waals surface area contributed by atoms with E-state index in [0.717, 1.165) is 11.5 Å². The molecular weight excluding hydrogens is 260 g/mol. The van der Waals surface area contributed by atoms with Crippen LogP contribution < -0.4 is 10.6 Å². The summed E-state index contributed by atoms with van der Waals surface area (Å²) in [5.41, 5.74) is 1.22. The molecular formula is C14H20N2O2S. The molecule has 0 saturated heterocycles. The van der Waals surface area contributed by atoms with Gasteiger partial charge in [-0.05, 0) is 31.7 Å². The predicted octanol–water partition coefficient (Wildman–Crippen LogP) is 3.15. The SMILES string of the molecule is CCSCC(C)NC(=O)Nc1cccc(C(C)=O)c1. The van der Waals surface area contributed by atoms with E-state index in [-0.39, 0.29) is 17.9 Å². The molecule has 0 aliphatic carbocycles. The van der Waals surface area contributed by atoms with Crippen LogP contribution in [0.5, 0.6) is 0 Å². The molecule has 0 fully saturated rings. The third-order valence-electron chi connectivity index (χ3n) is 2.48. The molecule has 0 bridgehead atoms. The van der Waals surface area contributed by atoms with E-state index in [1.165, 1.54) is 6.92 Å². The minimum absolute atomic E-state index is 0.0169. The second-order valence-corrected chi connectivity index (χ2v) is 5.61. The predicted molar refractivity (Wildman–Crippen MR) is 81.1 cm³/mol. The summed E-state index contributed by atoms with van der Waals surface area (Å²) in [6.45, 7) is 5.56. The number of nitrogens with one attached hydrogen (secondary N) is 2. The number of amides is 2. The Labute approximate surface area is 118 Å². The highest BCUT2D eigenvalue weighted by Crippen LogP contribution is 2.11. The number of urea groups is 1. The van der Waals surface area contributed by atoms with Crippen LogP contribution in [0, 0.1) is 0 Å². The van der Waals surface area contributed by atoms with Crippen LogP contribution in [0.4, 0.5) is 10.5 Å². The quantitative estimate of drug-likeness (QED) is 0.787. The summed E-state index contributed by atoms with van der Waals surface area (Å²) in [6, 6.07) is 6.78. The Balaban J connectivity index is 2.52. The summed E-state index contributed by atoms with van der Waals surface area (Å²) in [6.07, 6.45) is 0. The zero-order valence-corrected chi connectivity index (χ0v) is 12.3. The van der Waals surface area contributed by atoms with Gasteiger partial charge in [-0.1, -0.05) is 19.1 Å². The topological polar surface area (TPSA) is 58.2 Å². The Morgan fingerprint density at radius 3 is 2.74 bits per heavy atom. The molecule has 19 heavy (non-hydrogen) atoms. The van der Waals surface area contributed by atoms with Crippen molar-refractivity contribution in [3.05, 3.63) is 29.8 Å². The van der Waals surface area contributed by atoms with Gasteiger partial charge in [0, 0.05) is 23.0 Å². The molecule has 0 saturated carbocycles. The van der Waals surface area contributed by atoms with Crippen molar-refractivity contribution in [1.82, 2.24) is 5.32 Å². The minimum atomic E-state index is -0.245. The Bertz CT molecular complexity index is 449. The molecule has 1 unspecified atom stereocenters. The van der Waals surface area contributed by atoms with Crippen molar-refractivity contribution in [2.24, 2.45) is 0 Å². The van der Waals surface area contributed by atoms with Crippen LogP contribution in [0.3, 0.4) is 0 Å². The van der Waals surface area contributed by atoms with Gasteiger partial charge in [0.05, 0.1) is 0 Å². The maximum Gasteiger partial charge on any atom is 0.319 e. The van der Waals surface area contributed by atoms with Gasteiger partial charge in [-0.2, -0.15) is 11.8 Å². The number of carbonyl (C=O) groups excluding carboxylic acids is 2. The number of carbonyl (C=O) groups is 2. The number of anilines is 1. The van der Waals surface area contributed by atoms with Crippen molar-refractivity contribution in [2.75, 3.05) is 16.8 Å². The van der Waals surface area contributed by atoms with Crippen molar-refractivity contribution < 1.29 is 9.59 Å². The fourth-order valence-electron chi connectivity index (χ4n) is 1.54. The number of hydrogen-bond acceptors (Lipinski definition) is 3. The van der Waals surface area contributed by atoms with Gasteiger partial charge in [0.15, 0.2) is 5.78 Å². The van der Waals surface area contributed by atoms with Crippen LogP contribution in [0.25, 0.3) is 0 Å². The summed E-state index contributed by atoms with van der Waals surface area (Å²) in [4.78, 5) is 23.0. The van der Waals surface area contributed by atoms with Crippen molar-refractivity contribution in [3.63, 3.8) is 0 Å². The second kappa shape index (κ2) is 7.84. The van der Waals surface area contributed by atoms with E-state index < -0.39 is 0 Å². The number of hydrogen-bond donors (Lipinski definition) is 2. The van der Waals surface area contributed by atoms with Crippen LogP contribution in [-0.2, 0) is 0 Å². The molecule has 1 rings (SSSR count). The molecule has 4 nitrogen and oxygen atoms in total. The molecule has 1 atom stereocenters. The van der Waals surface area contributed by atoms with E-state index in [2.05, 4.69) is 17.6 Å². The van der Waals surface area contributed by atoms with Crippen molar-refractivity contribution in [3.8, 4) is 0 Å². The maximum absolute atomic E-state index is 11.8. The maximum atomic E-state index is 11.8. The highest BCUT2D eigenvalue weighted by Gasteiger charge is 2.08. The Morgan fingerprint density at radius 2 is 2.11 bits per heavy atom. The van der Waals surface area contributed by atoms with Gasteiger partial charge in [-0.15, -0.1) is 0 Å². The first-order chi connectivity index (χ1) is 9.02. The van der Waals surface area contributed by atoms with Gasteiger partial charge in [0.1, 0.15) is 0 Å². The summed E-state index contributed by atoms with van der Waals surface area (Å²) >= 11 is 1.78. The Morgan fingerprint density at radius 1 is 1.37 bits per heavy atom. The van der Waals surface area contributed by atoms with E-state index in [1.54, 1.807) is 36.0 Å². The lowest BCUT2D eigenvalue weighted by Crippen LogP contribution is -2.37. The van der Waals surface area contributed by atoms with Gasteiger partial charge in [0.25, 0.3) is 0 Å². The lowest BCUT2D eigenvalue weighted by molar-refractivity contribution is 0.101. The summed E-state index contributed by atoms with van der Waals surface area (Å²) < 4.78 is 0. The lowest BCUT2D eigenvalue weighted by atomic mass is 10.1. The third-order valence-corrected chi connectivity index (χ3v) is 3.62. The number of rotatable bonds is 6. The van der Waals surface area contributed by atoms with E-state index in [9.17, 15) is 9.59 Å². The number of thioether (sulfide) groups is 1. The summed E-state index contributed by atoms with van der Waals surface area (Å²) in [7, 11) is 0. The van der Waals surface area contributed by atoms with E-state index in [0.29, 0.717) is 11.3 Å². The van der Waals surface area contributed by atoms with Crippen molar-refractivity contribution in [2.45, 2.75) is 26.8 Å². The summed E-state index contributed by atoms with van der Waals surface area (Å²) in [5, 5.41) is 5.59. The number of Topliss-reactive ketones (excluding diaryl/α,β-unsaturated/α-hetero) is 1. The van der Waals surface area contributed by atoms with Crippen molar-refractivity contribution >= 4 is 29.3 Å². The van der Waals surface area contributed by atoms with Gasteiger partial charge in [-0.3, -0.25) is 4.79 Å². The zero-order valence-electron chi connectivity index (χ0n) is 11.5. The first kappa shape index (κ1) is 15.6. The van der Waals surface area contributed by atoms with Crippen LogP contribution >= 0.6 is 11.8 Å². The van der Waals surface area contributed by atoms with Crippen LogP contribution in [-0.4, -0.2) is 29.4 Å². The normalized spacial score (nSPS) is 11.7. The van der Waals surface area contributed by atoms with Gasteiger partial charge in [0.2, 0.25) is 0 Å². The fraction of sp³-hybridized carbons (Fsp3) is 0.429. The zero-order chi connectivity index (χ0) is 14.3. The molecule has 0 spiro atoms. The number of benzene rings is 1. The van der Waals surface area contributed by atoms with Crippen LogP contribution in [0.1, 0.15) is 31.1 Å². The average Bonchev–Trinajstić information content (AvgIpc) is 2.36. The molecule has 2 N–H and O–H groups in total. The largest absolute Gasteiger partial charge is 0.335 e. The molecule has 1 aromatic carbocycles. The van der Waals surface area contributed by atoms with E-state index in [1.807, 2.05) is 6.92 Å².